The van der Waals surface area contributed by atoms with Crippen molar-refractivity contribution < 1.29 is 14.2 Å². The summed E-state index contributed by atoms with van der Waals surface area (Å²) in [6.07, 6.45) is 0. The summed E-state index contributed by atoms with van der Waals surface area (Å²) in [5.74, 6) is 3.36. The van der Waals surface area contributed by atoms with Crippen molar-refractivity contribution in [2.75, 3.05) is 14.2 Å². The second kappa shape index (κ2) is 5.93. The summed E-state index contributed by atoms with van der Waals surface area (Å²) in [5, 5.41) is 0. The molecular weight excluding hydrogens is 300 g/mol. The molecule has 3 nitrogen and oxygen atoms in total. The first-order chi connectivity index (χ1) is 11.8. The van der Waals surface area contributed by atoms with Gasteiger partial charge in [-0.25, -0.2) is 0 Å². The average Bonchev–Trinajstić information content (AvgIpc) is 2.65. The minimum absolute atomic E-state index is 0.00255. The molecule has 1 aliphatic rings. The summed E-state index contributed by atoms with van der Waals surface area (Å²) in [6.45, 7) is 0. The predicted octanol–water partition coefficient (Wildman–Crippen LogP) is 4.99. The molecule has 0 bridgehead atoms. The van der Waals surface area contributed by atoms with Gasteiger partial charge in [0, 0.05) is 22.6 Å². The van der Waals surface area contributed by atoms with Gasteiger partial charge < -0.3 is 14.2 Å². The Hall–Kier alpha value is -2.94. The zero-order valence-corrected chi connectivity index (χ0v) is 13.7. The van der Waals surface area contributed by atoms with Gasteiger partial charge in [0.15, 0.2) is 0 Å². The fourth-order valence-electron chi connectivity index (χ4n) is 3.39. The molecule has 0 atom stereocenters. The maximum atomic E-state index is 6.09. The lowest BCUT2D eigenvalue weighted by atomic mass is 9.82. The molecule has 1 heterocycles. The molecule has 0 saturated carbocycles. The first-order valence-electron chi connectivity index (χ1n) is 7.90. The number of ether oxygens (including phenoxy) is 3. The standard InChI is InChI=1S/C21H18O3/c1-22-18-12-7-13-19(23-2)21(18)20-14-8-3-5-10-16(14)24-17-11-6-4-9-15(17)20/h3-13,20H,1-2H3. The lowest BCUT2D eigenvalue weighted by Crippen LogP contribution is -2.13. The van der Waals surface area contributed by atoms with Gasteiger partial charge in [-0.1, -0.05) is 42.5 Å². The largest absolute Gasteiger partial charge is 0.496 e. The highest BCUT2D eigenvalue weighted by Crippen LogP contribution is 2.51. The van der Waals surface area contributed by atoms with E-state index in [0.717, 1.165) is 39.7 Å². The van der Waals surface area contributed by atoms with Crippen LogP contribution >= 0.6 is 0 Å². The van der Waals surface area contributed by atoms with Gasteiger partial charge >= 0.3 is 0 Å². The van der Waals surface area contributed by atoms with Crippen LogP contribution in [0, 0.1) is 0 Å². The van der Waals surface area contributed by atoms with E-state index in [4.69, 9.17) is 14.2 Å². The van der Waals surface area contributed by atoms with Crippen LogP contribution in [0.3, 0.4) is 0 Å². The van der Waals surface area contributed by atoms with E-state index in [9.17, 15) is 0 Å². The molecule has 0 amide bonds. The first-order valence-corrected chi connectivity index (χ1v) is 7.90. The fourth-order valence-corrected chi connectivity index (χ4v) is 3.39. The van der Waals surface area contributed by atoms with E-state index >= 15 is 0 Å². The summed E-state index contributed by atoms with van der Waals surface area (Å²) in [6, 6.07) is 22.1. The Morgan fingerprint density at radius 2 is 1.17 bits per heavy atom. The van der Waals surface area contributed by atoms with Crippen LogP contribution in [0.4, 0.5) is 0 Å². The Balaban J connectivity index is 2.03. The van der Waals surface area contributed by atoms with E-state index in [0.29, 0.717) is 0 Å². The quantitative estimate of drug-likeness (QED) is 0.532. The number of fused-ring (bicyclic) bond motifs is 2. The van der Waals surface area contributed by atoms with Crippen LogP contribution in [-0.2, 0) is 0 Å². The van der Waals surface area contributed by atoms with Gasteiger partial charge in [0.2, 0.25) is 0 Å². The first kappa shape index (κ1) is 14.6. The highest BCUT2D eigenvalue weighted by molar-refractivity contribution is 5.63. The van der Waals surface area contributed by atoms with Crippen molar-refractivity contribution >= 4 is 0 Å². The van der Waals surface area contributed by atoms with Crippen LogP contribution in [-0.4, -0.2) is 14.2 Å². The molecular formula is C21H18O3. The maximum absolute atomic E-state index is 6.09. The smallest absolute Gasteiger partial charge is 0.131 e. The van der Waals surface area contributed by atoms with Crippen molar-refractivity contribution in [2.45, 2.75) is 5.92 Å². The molecule has 0 aromatic heterocycles. The number of benzene rings is 3. The molecule has 120 valence electrons. The number of para-hydroxylation sites is 2. The Morgan fingerprint density at radius 3 is 1.67 bits per heavy atom. The van der Waals surface area contributed by atoms with E-state index in [-0.39, 0.29) is 5.92 Å². The van der Waals surface area contributed by atoms with Gasteiger partial charge in [0.25, 0.3) is 0 Å². The third-order valence-electron chi connectivity index (χ3n) is 4.43. The van der Waals surface area contributed by atoms with Gasteiger partial charge in [-0.05, 0) is 24.3 Å². The average molecular weight is 318 g/mol. The van der Waals surface area contributed by atoms with E-state index < -0.39 is 0 Å². The normalized spacial score (nSPS) is 12.8. The molecule has 0 fully saturated rings. The monoisotopic (exact) mass is 318 g/mol. The highest BCUT2D eigenvalue weighted by atomic mass is 16.5. The van der Waals surface area contributed by atoms with Crippen molar-refractivity contribution in [1.29, 1.82) is 0 Å². The molecule has 3 aromatic carbocycles. The Kier molecular flexibility index (Phi) is 3.62. The number of hydrogen-bond acceptors (Lipinski definition) is 3. The van der Waals surface area contributed by atoms with Crippen LogP contribution < -0.4 is 14.2 Å². The Morgan fingerprint density at radius 1 is 0.667 bits per heavy atom. The Bertz CT molecular complexity index is 818. The van der Waals surface area contributed by atoms with E-state index in [1.807, 2.05) is 54.6 Å². The van der Waals surface area contributed by atoms with Gasteiger partial charge in [-0.2, -0.15) is 0 Å². The zero-order valence-electron chi connectivity index (χ0n) is 13.7. The van der Waals surface area contributed by atoms with Gasteiger partial charge in [0.05, 0.1) is 14.2 Å². The van der Waals surface area contributed by atoms with Crippen LogP contribution in [0.1, 0.15) is 22.6 Å². The van der Waals surface area contributed by atoms with Crippen molar-refractivity contribution in [3.63, 3.8) is 0 Å². The lowest BCUT2D eigenvalue weighted by Gasteiger charge is -2.30. The molecule has 0 spiro atoms. The second-order valence-electron chi connectivity index (χ2n) is 5.69. The number of rotatable bonds is 3. The molecule has 0 N–H and O–H groups in total. The molecule has 0 unspecified atom stereocenters. The topological polar surface area (TPSA) is 27.7 Å². The van der Waals surface area contributed by atoms with Crippen LogP contribution in [0.2, 0.25) is 0 Å². The predicted molar refractivity (Wildman–Crippen MR) is 93.4 cm³/mol. The minimum atomic E-state index is -0.00255. The maximum Gasteiger partial charge on any atom is 0.131 e. The van der Waals surface area contributed by atoms with E-state index in [2.05, 4.69) is 12.1 Å². The van der Waals surface area contributed by atoms with Crippen LogP contribution in [0.15, 0.2) is 66.7 Å². The highest BCUT2D eigenvalue weighted by Gasteiger charge is 2.32. The molecule has 0 saturated heterocycles. The van der Waals surface area contributed by atoms with Gasteiger partial charge in [-0.3, -0.25) is 0 Å². The van der Waals surface area contributed by atoms with Crippen molar-refractivity contribution in [1.82, 2.24) is 0 Å². The Labute approximate surface area is 141 Å². The zero-order chi connectivity index (χ0) is 16.5. The van der Waals surface area contributed by atoms with Crippen molar-refractivity contribution in [2.24, 2.45) is 0 Å². The number of methoxy groups -OCH3 is 2. The van der Waals surface area contributed by atoms with Gasteiger partial charge in [0.1, 0.15) is 23.0 Å². The molecule has 3 aromatic rings. The van der Waals surface area contributed by atoms with Crippen LogP contribution in [0.25, 0.3) is 0 Å². The van der Waals surface area contributed by atoms with E-state index in [1.165, 1.54) is 0 Å². The third-order valence-corrected chi connectivity index (χ3v) is 4.43. The molecule has 24 heavy (non-hydrogen) atoms. The SMILES string of the molecule is COc1cccc(OC)c1C1c2ccccc2Oc2ccccc21. The minimum Gasteiger partial charge on any atom is -0.496 e. The molecule has 4 rings (SSSR count). The molecule has 0 radical (unpaired) electrons. The molecule has 1 aliphatic heterocycles. The third kappa shape index (κ3) is 2.21. The summed E-state index contributed by atoms with van der Waals surface area (Å²) in [4.78, 5) is 0. The van der Waals surface area contributed by atoms with Crippen LogP contribution in [0.5, 0.6) is 23.0 Å². The van der Waals surface area contributed by atoms with Gasteiger partial charge in [-0.15, -0.1) is 0 Å². The van der Waals surface area contributed by atoms with E-state index in [1.54, 1.807) is 14.2 Å². The fraction of sp³-hybridized carbons (Fsp3) is 0.143. The summed E-state index contributed by atoms with van der Waals surface area (Å²) in [5.41, 5.74) is 3.24. The lowest BCUT2D eigenvalue weighted by molar-refractivity contribution is 0.380. The summed E-state index contributed by atoms with van der Waals surface area (Å²) < 4.78 is 17.4. The second-order valence-corrected chi connectivity index (χ2v) is 5.69. The molecule has 0 aliphatic carbocycles. The van der Waals surface area contributed by atoms with Crippen molar-refractivity contribution in [3.05, 3.63) is 83.4 Å². The number of hydrogen-bond donors (Lipinski definition) is 0. The van der Waals surface area contributed by atoms with Crippen molar-refractivity contribution in [3.8, 4) is 23.0 Å². The summed E-state index contributed by atoms with van der Waals surface area (Å²) >= 11 is 0. The summed E-state index contributed by atoms with van der Waals surface area (Å²) in [7, 11) is 3.38. The molecule has 3 heteroatoms.